The van der Waals surface area contributed by atoms with E-state index in [1.54, 1.807) is 31.4 Å². The number of nitrogens with zero attached hydrogens (tertiary/aromatic N) is 1. The van der Waals surface area contributed by atoms with Gasteiger partial charge in [-0.1, -0.05) is 62.4 Å². The number of nitrogens with one attached hydrogen (secondary N) is 1. The second-order valence-corrected chi connectivity index (χ2v) is 11.6. The number of alkyl halides is 2. The number of rotatable bonds is 5. The molecule has 2 bridgehead atoms. The Labute approximate surface area is 230 Å². The number of methoxy groups -OCH3 is 1. The molecule has 8 heteroatoms. The summed E-state index contributed by atoms with van der Waals surface area (Å²) in [6, 6.07) is 20.8. The number of carbonyl (C=O) groups is 3. The van der Waals surface area contributed by atoms with Gasteiger partial charge in [-0.15, -0.1) is 23.2 Å². The van der Waals surface area contributed by atoms with E-state index in [4.69, 9.17) is 27.9 Å². The first-order chi connectivity index (χ1) is 18.1. The molecule has 194 valence electrons. The van der Waals surface area contributed by atoms with Gasteiger partial charge in [0.05, 0.1) is 18.9 Å². The van der Waals surface area contributed by atoms with Gasteiger partial charge in [0.25, 0.3) is 0 Å². The van der Waals surface area contributed by atoms with E-state index in [0.29, 0.717) is 11.4 Å². The van der Waals surface area contributed by atoms with Crippen LogP contribution in [0.3, 0.4) is 0 Å². The highest BCUT2D eigenvalue weighted by Gasteiger charge is 2.73. The van der Waals surface area contributed by atoms with Crippen LogP contribution in [0.25, 0.3) is 0 Å². The Balaban J connectivity index is 1.45. The summed E-state index contributed by atoms with van der Waals surface area (Å²) in [7, 11) is 1.56. The number of hydrogen-bond acceptors (Lipinski definition) is 4. The van der Waals surface area contributed by atoms with Gasteiger partial charge in [-0.2, -0.15) is 0 Å². The standard InChI is InChI=1S/C30H26Cl2N2O4/c1-16(2)25(26(35)33-17-12-14-18(38-3)15-13-17)34-27(36)23-24(28(34)37)30(32)20-9-5-4-8-19(20)29(23,31)21-10-6-7-11-22(21)30/h4-16,23-25H,1-3H3,(H,33,35)/t23-,24-,25+,29?,30?/m1/s1. The van der Waals surface area contributed by atoms with Crippen LogP contribution in [0.5, 0.6) is 5.75 Å². The van der Waals surface area contributed by atoms with Crippen LogP contribution in [0.4, 0.5) is 5.69 Å². The van der Waals surface area contributed by atoms with Crippen molar-refractivity contribution in [2.45, 2.75) is 29.6 Å². The summed E-state index contributed by atoms with van der Waals surface area (Å²) in [5.41, 5.74) is 3.43. The van der Waals surface area contributed by atoms with Crippen LogP contribution in [0.1, 0.15) is 36.1 Å². The molecule has 7 rings (SSSR count). The monoisotopic (exact) mass is 548 g/mol. The fourth-order valence-electron chi connectivity index (χ4n) is 6.57. The van der Waals surface area contributed by atoms with Gasteiger partial charge in [-0.05, 0) is 52.4 Å². The van der Waals surface area contributed by atoms with Gasteiger partial charge < -0.3 is 10.1 Å². The number of imide groups is 1. The van der Waals surface area contributed by atoms with Crippen LogP contribution < -0.4 is 10.1 Å². The summed E-state index contributed by atoms with van der Waals surface area (Å²) in [5, 5.41) is 2.86. The maximum Gasteiger partial charge on any atom is 0.247 e. The van der Waals surface area contributed by atoms with Crippen molar-refractivity contribution >= 4 is 46.6 Å². The van der Waals surface area contributed by atoms with E-state index in [1.807, 2.05) is 62.4 Å². The molecule has 1 aliphatic heterocycles. The van der Waals surface area contributed by atoms with Gasteiger partial charge in [0.1, 0.15) is 21.5 Å². The van der Waals surface area contributed by atoms with E-state index in [1.165, 1.54) is 0 Å². The zero-order chi connectivity index (χ0) is 27.0. The minimum atomic E-state index is -1.29. The zero-order valence-corrected chi connectivity index (χ0v) is 22.6. The Bertz CT molecular complexity index is 1360. The minimum absolute atomic E-state index is 0.360. The summed E-state index contributed by atoms with van der Waals surface area (Å²) in [6.07, 6.45) is 0. The molecule has 1 fully saturated rings. The number of likely N-dealkylation sites (tertiary alicyclic amines) is 1. The highest BCUT2D eigenvalue weighted by Crippen LogP contribution is 2.69. The molecule has 0 radical (unpaired) electrons. The van der Waals surface area contributed by atoms with Crippen LogP contribution in [0.2, 0.25) is 0 Å². The first-order valence-electron chi connectivity index (χ1n) is 12.5. The van der Waals surface area contributed by atoms with Crippen LogP contribution >= 0.6 is 23.2 Å². The SMILES string of the molecule is COc1ccc(NC(=O)[C@H](C(C)C)N2C(=O)[C@H]3[C@H](C2=O)C2(Cl)c4ccccc4C3(Cl)c3ccccc32)cc1. The van der Waals surface area contributed by atoms with Crippen LogP contribution in [0, 0.1) is 17.8 Å². The van der Waals surface area contributed by atoms with E-state index in [2.05, 4.69) is 5.32 Å². The fourth-order valence-corrected chi connectivity index (χ4v) is 7.67. The van der Waals surface area contributed by atoms with Gasteiger partial charge in [0.2, 0.25) is 17.7 Å². The summed E-state index contributed by atoms with van der Waals surface area (Å²) in [4.78, 5) is 40.7. The van der Waals surface area contributed by atoms with Crippen molar-refractivity contribution < 1.29 is 19.1 Å². The second kappa shape index (κ2) is 8.58. The van der Waals surface area contributed by atoms with Gasteiger partial charge >= 0.3 is 0 Å². The Morgan fingerprint density at radius 3 is 1.61 bits per heavy atom. The second-order valence-electron chi connectivity index (χ2n) is 10.4. The lowest BCUT2D eigenvalue weighted by molar-refractivity contribution is -0.148. The van der Waals surface area contributed by atoms with E-state index in [0.717, 1.165) is 27.2 Å². The van der Waals surface area contributed by atoms with Crippen molar-refractivity contribution in [1.82, 2.24) is 4.90 Å². The Morgan fingerprint density at radius 1 is 0.816 bits per heavy atom. The molecular weight excluding hydrogens is 523 g/mol. The lowest BCUT2D eigenvalue weighted by atomic mass is 9.54. The van der Waals surface area contributed by atoms with Crippen molar-refractivity contribution in [2.75, 3.05) is 12.4 Å². The summed E-state index contributed by atoms with van der Waals surface area (Å²) in [6.45, 7) is 3.62. The number of hydrogen-bond donors (Lipinski definition) is 1. The summed E-state index contributed by atoms with van der Waals surface area (Å²) >= 11 is 15.0. The lowest BCUT2D eigenvalue weighted by Crippen LogP contribution is -2.57. The number of benzene rings is 3. The molecule has 38 heavy (non-hydrogen) atoms. The number of ether oxygens (including phenoxy) is 1. The van der Waals surface area contributed by atoms with Crippen molar-refractivity contribution in [3.05, 3.63) is 95.1 Å². The normalized spacial score (nSPS) is 27.6. The van der Waals surface area contributed by atoms with E-state index >= 15 is 0 Å². The Kier molecular flexibility index (Phi) is 5.64. The number of halogens is 2. The molecule has 3 atom stereocenters. The highest BCUT2D eigenvalue weighted by atomic mass is 35.5. The first-order valence-corrected chi connectivity index (χ1v) is 13.3. The summed E-state index contributed by atoms with van der Waals surface area (Å²) in [5.74, 6) is -3.03. The lowest BCUT2D eigenvalue weighted by Gasteiger charge is -2.54. The maximum absolute atomic E-state index is 14.3. The average Bonchev–Trinajstić information content (AvgIpc) is 3.18. The molecule has 3 aromatic carbocycles. The average molecular weight is 549 g/mol. The van der Waals surface area contributed by atoms with E-state index < -0.39 is 45.3 Å². The molecule has 0 aromatic heterocycles. The third kappa shape index (κ3) is 3.10. The zero-order valence-electron chi connectivity index (χ0n) is 21.1. The molecule has 1 heterocycles. The van der Waals surface area contributed by atoms with Crippen LogP contribution in [0.15, 0.2) is 72.8 Å². The molecule has 4 aliphatic rings. The summed E-state index contributed by atoms with van der Waals surface area (Å²) < 4.78 is 5.19. The van der Waals surface area contributed by atoms with Crippen molar-refractivity contribution in [2.24, 2.45) is 17.8 Å². The van der Waals surface area contributed by atoms with Gasteiger partial charge in [0, 0.05) is 5.69 Å². The van der Waals surface area contributed by atoms with Gasteiger partial charge in [-0.3, -0.25) is 19.3 Å². The number of carbonyl (C=O) groups excluding carboxylic acids is 3. The highest BCUT2D eigenvalue weighted by molar-refractivity contribution is 6.36. The smallest absolute Gasteiger partial charge is 0.247 e. The van der Waals surface area contributed by atoms with Gasteiger partial charge in [0.15, 0.2) is 0 Å². The van der Waals surface area contributed by atoms with Crippen LogP contribution in [-0.4, -0.2) is 35.8 Å². The maximum atomic E-state index is 14.3. The van der Waals surface area contributed by atoms with Crippen molar-refractivity contribution in [1.29, 1.82) is 0 Å². The van der Waals surface area contributed by atoms with Crippen molar-refractivity contribution in [3.8, 4) is 5.75 Å². The quantitative estimate of drug-likeness (QED) is 0.349. The molecule has 1 saturated heterocycles. The molecule has 3 aromatic rings. The van der Waals surface area contributed by atoms with Crippen LogP contribution in [-0.2, 0) is 24.1 Å². The molecule has 0 saturated carbocycles. The molecule has 6 nitrogen and oxygen atoms in total. The van der Waals surface area contributed by atoms with Crippen molar-refractivity contribution in [3.63, 3.8) is 0 Å². The third-order valence-electron chi connectivity index (χ3n) is 8.16. The molecule has 1 N–H and O–H groups in total. The third-order valence-corrected chi connectivity index (χ3v) is 9.44. The number of anilines is 1. The first kappa shape index (κ1) is 25.0. The molecular formula is C30H26Cl2N2O4. The van der Waals surface area contributed by atoms with Gasteiger partial charge in [-0.25, -0.2) is 0 Å². The fraction of sp³-hybridized carbons (Fsp3) is 0.300. The largest absolute Gasteiger partial charge is 0.497 e. The molecule has 3 amide bonds. The predicted octanol–water partition coefficient (Wildman–Crippen LogP) is 5.25. The van der Waals surface area contributed by atoms with E-state index in [9.17, 15) is 14.4 Å². The minimum Gasteiger partial charge on any atom is -0.497 e. The molecule has 0 unspecified atom stereocenters. The predicted molar refractivity (Wildman–Crippen MR) is 145 cm³/mol. The molecule has 3 aliphatic carbocycles. The number of amides is 3. The van der Waals surface area contributed by atoms with E-state index in [-0.39, 0.29) is 5.92 Å². The Hall–Kier alpha value is -3.35. The topological polar surface area (TPSA) is 75.7 Å². The Morgan fingerprint density at radius 2 is 1.24 bits per heavy atom. The molecule has 0 spiro atoms.